The zero-order chi connectivity index (χ0) is 18.4. The van der Waals surface area contributed by atoms with Crippen molar-refractivity contribution in [1.29, 1.82) is 0 Å². The van der Waals surface area contributed by atoms with Gasteiger partial charge in [0.25, 0.3) is 0 Å². The van der Waals surface area contributed by atoms with Crippen LogP contribution in [0.15, 0.2) is 36.4 Å². The molecule has 0 spiro atoms. The molecule has 26 heavy (non-hydrogen) atoms. The number of anilines is 2. The zero-order valence-corrected chi connectivity index (χ0v) is 16.4. The van der Waals surface area contributed by atoms with Gasteiger partial charge in [-0.15, -0.1) is 0 Å². The monoisotopic (exact) mass is 353 g/mol. The van der Waals surface area contributed by atoms with E-state index in [1.807, 2.05) is 6.07 Å². The van der Waals surface area contributed by atoms with E-state index in [1.54, 1.807) is 0 Å². The molecule has 0 bridgehead atoms. The molecule has 140 valence electrons. The van der Waals surface area contributed by atoms with Gasteiger partial charge in [0.05, 0.1) is 5.69 Å². The normalized spacial score (nSPS) is 15.3. The van der Waals surface area contributed by atoms with Gasteiger partial charge in [-0.1, -0.05) is 44.2 Å². The van der Waals surface area contributed by atoms with Crippen LogP contribution in [0.5, 0.6) is 0 Å². The predicted molar refractivity (Wildman–Crippen MR) is 110 cm³/mol. The van der Waals surface area contributed by atoms with E-state index >= 15 is 0 Å². The van der Waals surface area contributed by atoms with Crippen LogP contribution in [-0.4, -0.2) is 61.2 Å². The van der Waals surface area contributed by atoms with Crippen LogP contribution in [0.4, 0.5) is 11.8 Å². The number of nitrogens with zero attached hydrogens (tertiary/aromatic N) is 5. The molecular weight excluding hydrogens is 322 g/mol. The van der Waals surface area contributed by atoms with Crippen LogP contribution in [0, 0.1) is 0 Å². The first-order valence-electron chi connectivity index (χ1n) is 9.84. The molecule has 0 aliphatic carbocycles. The van der Waals surface area contributed by atoms with Gasteiger partial charge in [-0.25, -0.2) is 4.98 Å². The fraction of sp³-hybridized carbons (Fsp3) is 0.524. The first kappa shape index (κ1) is 18.6. The molecule has 1 aliphatic heterocycles. The summed E-state index contributed by atoms with van der Waals surface area (Å²) in [4.78, 5) is 17.0. The highest BCUT2D eigenvalue weighted by Crippen LogP contribution is 2.25. The largest absolute Gasteiger partial charge is 0.354 e. The molecule has 1 saturated heterocycles. The van der Waals surface area contributed by atoms with E-state index in [9.17, 15) is 0 Å². The molecule has 1 fully saturated rings. The van der Waals surface area contributed by atoms with Crippen molar-refractivity contribution in [1.82, 2.24) is 14.9 Å². The number of rotatable bonds is 7. The summed E-state index contributed by atoms with van der Waals surface area (Å²) in [5.74, 6) is 1.92. The number of aromatic nitrogens is 2. The van der Waals surface area contributed by atoms with Crippen molar-refractivity contribution in [2.45, 2.75) is 26.7 Å². The van der Waals surface area contributed by atoms with Crippen LogP contribution in [0.3, 0.4) is 0 Å². The Hall–Kier alpha value is -2.14. The Morgan fingerprint density at radius 3 is 2.19 bits per heavy atom. The highest BCUT2D eigenvalue weighted by Gasteiger charge is 2.19. The average Bonchev–Trinajstić information content (AvgIpc) is 2.69. The molecule has 0 atom stereocenters. The minimum absolute atomic E-state index is 0.865. The van der Waals surface area contributed by atoms with Crippen LogP contribution in [0.2, 0.25) is 0 Å². The summed E-state index contributed by atoms with van der Waals surface area (Å²) in [6.45, 7) is 10.6. The molecule has 0 saturated carbocycles. The second-order valence-electron chi connectivity index (χ2n) is 7.05. The van der Waals surface area contributed by atoms with Gasteiger partial charge in [0, 0.05) is 50.9 Å². The Kier molecular flexibility index (Phi) is 6.45. The molecule has 2 heterocycles. The topological polar surface area (TPSA) is 35.5 Å². The maximum Gasteiger partial charge on any atom is 0.227 e. The highest BCUT2D eigenvalue weighted by atomic mass is 15.3. The van der Waals surface area contributed by atoms with Crippen molar-refractivity contribution < 1.29 is 0 Å². The summed E-state index contributed by atoms with van der Waals surface area (Å²) in [6, 6.07) is 12.6. The van der Waals surface area contributed by atoms with E-state index in [1.165, 1.54) is 0 Å². The summed E-state index contributed by atoms with van der Waals surface area (Å²) in [6.07, 6.45) is 2.20. The van der Waals surface area contributed by atoms with Crippen molar-refractivity contribution in [3.05, 3.63) is 36.4 Å². The molecule has 3 rings (SSSR count). The summed E-state index contributed by atoms with van der Waals surface area (Å²) in [5.41, 5.74) is 2.17. The Morgan fingerprint density at radius 1 is 0.923 bits per heavy atom. The summed E-state index contributed by atoms with van der Waals surface area (Å²) in [5, 5.41) is 0. The molecule has 5 heteroatoms. The fourth-order valence-electron chi connectivity index (χ4n) is 3.37. The molecule has 0 unspecified atom stereocenters. The molecule has 0 amide bonds. The van der Waals surface area contributed by atoms with E-state index in [4.69, 9.17) is 9.97 Å². The van der Waals surface area contributed by atoms with Gasteiger partial charge in [-0.05, 0) is 19.9 Å². The van der Waals surface area contributed by atoms with Crippen molar-refractivity contribution in [2.75, 3.05) is 56.1 Å². The molecule has 0 N–H and O–H groups in total. The smallest absolute Gasteiger partial charge is 0.227 e. The summed E-state index contributed by atoms with van der Waals surface area (Å²) < 4.78 is 0. The van der Waals surface area contributed by atoms with Crippen LogP contribution >= 0.6 is 0 Å². The summed E-state index contributed by atoms with van der Waals surface area (Å²) >= 11 is 0. The standard InChI is InChI=1S/C21H31N5/c1-4-11-26(12-5-2)21-22-19(18-9-7-6-8-10-18)17-20(23-21)25-15-13-24(3)14-16-25/h6-10,17H,4-5,11-16H2,1-3H3. The van der Waals surface area contributed by atoms with E-state index < -0.39 is 0 Å². The quantitative estimate of drug-likeness (QED) is 0.761. The van der Waals surface area contributed by atoms with E-state index in [0.29, 0.717) is 0 Å². The lowest BCUT2D eigenvalue weighted by Crippen LogP contribution is -2.45. The van der Waals surface area contributed by atoms with Crippen molar-refractivity contribution in [2.24, 2.45) is 0 Å². The van der Waals surface area contributed by atoms with Crippen molar-refractivity contribution in [3.63, 3.8) is 0 Å². The molecule has 5 nitrogen and oxygen atoms in total. The lowest BCUT2D eigenvalue weighted by molar-refractivity contribution is 0.312. The first-order valence-corrected chi connectivity index (χ1v) is 9.84. The Bertz CT molecular complexity index is 674. The third-order valence-electron chi connectivity index (χ3n) is 4.87. The SMILES string of the molecule is CCCN(CCC)c1nc(-c2ccccc2)cc(N2CCN(C)CC2)n1. The highest BCUT2D eigenvalue weighted by molar-refractivity contribution is 5.65. The van der Waals surface area contributed by atoms with Crippen LogP contribution in [-0.2, 0) is 0 Å². The number of benzene rings is 1. The molecule has 0 radical (unpaired) electrons. The van der Waals surface area contributed by atoms with Crippen molar-refractivity contribution in [3.8, 4) is 11.3 Å². The number of piperazine rings is 1. The molecule has 1 aromatic heterocycles. The second-order valence-corrected chi connectivity index (χ2v) is 7.05. The van der Waals surface area contributed by atoms with Gasteiger partial charge in [0.1, 0.15) is 5.82 Å². The molecule has 1 aromatic carbocycles. The predicted octanol–water partition coefficient (Wildman–Crippen LogP) is 3.52. The van der Waals surface area contributed by atoms with Gasteiger partial charge >= 0.3 is 0 Å². The Balaban J connectivity index is 1.98. The fourth-order valence-corrected chi connectivity index (χ4v) is 3.37. The molecule has 2 aromatic rings. The third-order valence-corrected chi connectivity index (χ3v) is 4.87. The molecule has 1 aliphatic rings. The van der Waals surface area contributed by atoms with E-state index in [2.05, 4.69) is 65.9 Å². The zero-order valence-electron chi connectivity index (χ0n) is 16.4. The lowest BCUT2D eigenvalue weighted by atomic mass is 10.1. The maximum atomic E-state index is 4.97. The van der Waals surface area contributed by atoms with Gasteiger partial charge in [-0.3, -0.25) is 0 Å². The Morgan fingerprint density at radius 2 is 1.58 bits per heavy atom. The van der Waals surface area contributed by atoms with Gasteiger partial charge in [0.2, 0.25) is 5.95 Å². The number of hydrogen-bond donors (Lipinski definition) is 0. The van der Waals surface area contributed by atoms with Gasteiger partial charge in [-0.2, -0.15) is 4.98 Å². The van der Waals surface area contributed by atoms with E-state index in [-0.39, 0.29) is 0 Å². The number of likely N-dealkylation sites (N-methyl/N-ethyl adjacent to an activating group) is 1. The summed E-state index contributed by atoms with van der Waals surface area (Å²) in [7, 11) is 2.18. The van der Waals surface area contributed by atoms with Crippen LogP contribution in [0.1, 0.15) is 26.7 Å². The van der Waals surface area contributed by atoms with Crippen LogP contribution in [0.25, 0.3) is 11.3 Å². The van der Waals surface area contributed by atoms with E-state index in [0.717, 1.165) is 75.1 Å². The maximum absolute atomic E-state index is 4.97. The van der Waals surface area contributed by atoms with Gasteiger partial charge in [0.15, 0.2) is 0 Å². The number of hydrogen-bond acceptors (Lipinski definition) is 5. The average molecular weight is 354 g/mol. The van der Waals surface area contributed by atoms with Crippen molar-refractivity contribution >= 4 is 11.8 Å². The van der Waals surface area contributed by atoms with Crippen LogP contribution < -0.4 is 9.80 Å². The molecular formula is C21H31N5. The lowest BCUT2D eigenvalue weighted by Gasteiger charge is -2.34. The first-order chi connectivity index (χ1) is 12.7. The van der Waals surface area contributed by atoms with Gasteiger partial charge < -0.3 is 14.7 Å². The minimum atomic E-state index is 0.865. The second kappa shape index (κ2) is 8.99. The minimum Gasteiger partial charge on any atom is -0.354 e. The Labute approximate surface area is 157 Å². The third kappa shape index (κ3) is 4.52.